The molecule has 122 valence electrons. The van der Waals surface area contributed by atoms with E-state index in [0.29, 0.717) is 18.4 Å². The molecule has 1 N–H and O–H groups in total. The second kappa shape index (κ2) is 5.83. The van der Waals surface area contributed by atoms with Crippen LogP contribution in [0.15, 0.2) is 11.6 Å². The van der Waals surface area contributed by atoms with Gasteiger partial charge in [0, 0.05) is 11.5 Å². The van der Waals surface area contributed by atoms with Gasteiger partial charge >= 0.3 is 11.9 Å². The van der Waals surface area contributed by atoms with Crippen LogP contribution in [0.25, 0.3) is 0 Å². The average molecular weight is 310 g/mol. The van der Waals surface area contributed by atoms with Gasteiger partial charge in [0.25, 0.3) is 0 Å². The second-order valence-electron chi connectivity index (χ2n) is 6.12. The SMILES string of the molecule is COC(=O)C1=CC[C@]2(C(=O)OC)CC[C@@H](C(C)=O)[C@@]2(O)CC1. The minimum Gasteiger partial charge on any atom is -0.468 e. The predicted octanol–water partition coefficient (Wildman–Crippen LogP) is 1.16. The Kier molecular flexibility index (Phi) is 4.42. The number of Topliss-reactive ketones (excluding diaryl/α,β-unsaturated/α-hetero) is 1. The van der Waals surface area contributed by atoms with Crippen LogP contribution >= 0.6 is 0 Å². The molecule has 0 heterocycles. The summed E-state index contributed by atoms with van der Waals surface area (Å²) in [6, 6.07) is 0. The number of methoxy groups -OCH3 is 2. The molecule has 22 heavy (non-hydrogen) atoms. The molecule has 0 bridgehead atoms. The number of hydrogen-bond donors (Lipinski definition) is 1. The van der Waals surface area contributed by atoms with Crippen LogP contribution in [0.3, 0.4) is 0 Å². The molecule has 0 saturated heterocycles. The Morgan fingerprint density at radius 1 is 1.23 bits per heavy atom. The molecule has 1 fully saturated rings. The molecule has 6 heteroatoms. The Bertz CT molecular complexity index is 537. The number of ether oxygens (including phenoxy) is 2. The number of allylic oxidation sites excluding steroid dienone is 1. The minimum absolute atomic E-state index is 0.144. The van der Waals surface area contributed by atoms with Gasteiger partial charge in [-0.05, 0) is 39.0 Å². The molecule has 0 aromatic rings. The van der Waals surface area contributed by atoms with Crippen molar-refractivity contribution in [2.45, 2.75) is 44.6 Å². The molecular weight excluding hydrogens is 288 g/mol. The van der Waals surface area contributed by atoms with Crippen molar-refractivity contribution in [1.82, 2.24) is 0 Å². The first-order chi connectivity index (χ1) is 10.3. The van der Waals surface area contributed by atoms with E-state index in [-0.39, 0.29) is 25.0 Å². The second-order valence-corrected chi connectivity index (χ2v) is 6.12. The Hall–Kier alpha value is -1.69. The highest BCUT2D eigenvalue weighted by atomic mass is 16.5. The van der Waals surface area contributed by atoms with Crippen molar-refractivity contribution >= 4 is 17.7 Å². The van der Waals surface area contributed by atoms with Gasteiger partial charge < -0.3 is 14.6 Å². The van der Waals surface area contributed by atoms with Crippen LogP contribution in [0, 0.1) is 11.3 Å². The van der Waals surface area contributed by atoms with Gasteiger partial charge in [0.1, 0.15) is 11.2 Å². The van der Waals surface area contributed by atoms with Gasteiger partial charge in [-0.15, -0.1) is 0 Å². The number of ketones is 1. The monoisotopic (exact) mass is 310 g/mol. The summed E-state index contributed by atoms with van der Waals surface area (Å²) in [6.07, 6.45) is 3.06. The van der Waals surface area contributed by atoms with Crippen molar-refractivity contribution in [3.63, 3.8) is 0 Å². The third kappa shape index (κ3) is 2.26. The van der Waals surface area contributed by atoms with Crippen molar-refractivity contribution in [3.05, 3.63) is 11.6 Å². The lowest BCUT2D eigenvalue weighted by Gasteiger charge is -2.41. The van der Waals surface area contributed by atoms with Crippen molar-refractivity contribution in [2.24, 2.45) is 11.3 Å². The molecule has 2 rings (SSSR count). The smallest absolute Gasteiger partial charge is 0.333 e. The lowest BCUT2D eigenvalue weighted by molar-refractivity contribution is -0.174. The van der Waals surface area contributed by atoms with Gasteiger partial charge in [-0.2, -0.15) is 0 Å². The topological polar surface area (TPSA) is 89.9 Å². The first kappa shape index (κ1) is 16.7. The van der Waals surface area contributed by atoms with Gasteiger partial charge in [-0.1, -0.05) is 6.08 Å². The van der Waals surface area contributed by atoms with Crippen molar-refractivity contribution in [2.75, 3.05) is 14.2 Å². The summed E-state index contributed by atoms with van der Waals surface area (Å²) in [6.45, 7) is 1.43. The molecule has 2 aliphatic carbocycles. The predicted molar refractivity (Wildman–Crippen MR) is 76.8 cm³/mol. The summed E-state index contributed by atoms with van der Waals surface area (Å²) in [4.78, 5) is 36.1. The van der Waals surface area contributed by atoms with E-state index in [1.165, 1.54) is 21.1 Å². The van der Waals surface area contributed by atoms with E-state index in [4.69, 9.17) is 9.47 Å². The number of carbonyl (C=O) groups excluding carboxylic acids is 3. The molecular formula is C16H22O6. The maximum absolute atomic E-state index is 12.4. The zero-order valence-corrected chi connectivity index (χ0v) is 13.2. The van der Waals surface area contributed by atoms with Gasteiger partial charge in [0.15, 0.2) is 0 Å². The zero-order chi connectivity index (χ0) is 16.5. The minimum atomic E-state index is -1.49. The molecule has 0 aliphatic heterocycles. The fourth-order valence-corrected chi connectivity index (χ4v) is 4.01. The fraction of sp³-hybridized carbons (Fsp3) is 0.688. The van der Waals surface area contributed by atoms with E-state index < -0.39 is 28.9 Å². The first-order valence-electron chi connectivity index (χ1n) is 7.41. The number of esters is 2. The zero-order valence-electron chi connectivity index (χ0n) is 13.2. The molecule has 0 aromatic carbocycles. The summed E-state index contributed by atoms with van der Waals surface area (Å²) in [5.74, 6) is -1.75. The molecule has 1 saturated carbocycles. The molecule has 0 spiro atoms. The van der Waals surface area contributed by atoms with Crippen LogP contribution < -0.4 is 0 Å². The quantitative estimate of drug-likeness (QED) is 0.787. The maximum Gasteiger partial charge on any atom is 0.333 e. The van der Waals surface area contributed by atoms with Gasteiger partial charge in [0.05, 0.1) is 19.8 Å². The van der Waals surface area contributed by atoms with Crippen molar-refractivity contribution in [3.8, 4) is 0 Å². The largest absolute Gasteiger partial charge is 0.468 e. The van der Waals surface area contributed by atoms with Crippen molar-refractivity contribution < 1.29 is 29.0 Å². The summed E-state index contributed by atoms with van der Waals surface area (Å²) in [5, 5.41) is 11.2. The van der Waals surface area contributed by atoms with E-state index in [1.807, 2.05) is 0 Å². The highest BCUT2D eigenvalue weighted by Crippen LogP contribution is 2.57. The summed E-state index contributed by atoms with van der Waals surface area (Å²) in [5.41, 5.74) is -2.23. The Balaban J connectivity index is 2.47. The third-order valence-corrected chi connectivity index (χ3v) is 5.25. The van der Waals surface area contributed by atoms with Gasteiger partial charge in [0.2, 0.25) is 0 Å². The third-order valence-electron chi connectivity index (χ3n) is 5.25. The standard InChI is InChI=1S/C16H22O6/c1-10(17)12-6-8-15(14(19)22-3)7-4-11(13(18)21-2)5-9-16(12,15)20/h4,12,20H,5-9H2,1-3H3/t12-,15+,16-/m0/s1. The Labute approximate surface area is 129 Å². The molecule has 0 unspecified atom stereocenters. The lowest BCUT2D eigenvalue weighted by Crippen LogP contribution is -2.54. The highest BCUT2D eigenvalue weighted by Gasteiger charge is 2.65. The van der Waals surface area contributed by atoms with Gasteiger partial charge in [-0.25, -0.2) is 4.79 Å². The van der Waals surface area contributed by atoms with E-state index in [2.05, 4.69) is 0 Å². The lowest BCUT2D eigenvalue weighted by atomic mass is 9.67. The summed E-state index contributed by atoms with van der Waals surface area (Å²) in [7, 11) is 2.56. The van der Waals surface area contributed by atoms with Crippen LogP contribution in [0.1, 0.15) is 39.0 Å². The molecule has 2 aliphatic rings. The van der Waals surface area contributed by atoms with Crippen molar-refractivity contribution in [1.29, 1.82) is 0 Å². The number of carbonyl (C=O) groups is 3. The van der Waals surface area contributed by atoms with Crippen LogP contribution in [-0.2, 0) is 23.9 Å². The normalized spacial score (nSPS) is 34.2. The number of fused-ring (bicyclic) bond motifs is 1. The Morgan fingerprint density at radius 3 is 2.45 bits per heavy atom. The van der Waals surface area contributed by atoms with Crippen LogP contribution in [0.5, 0.6) is 0 Å². The van der Waals surface area contributed by atoms with E-state index in [9.17, 15) is 19.5 Å². The van der Waals surface area contributed by atoms with Crippen LogP contribution in [0.2, 0.25) is 0 Å². The highest BCUT2D eigenvalue weighted by molar-refractivity contribution is 5.90. The number of aliphatic hydroxyl groups is 1. The maximum atomic E-state index is 12.4. The van der Waals surface area contributed by atoms with Gasteiger partial charge in [-0.3, -0.25) is 9.59 Å². The van der Waals surface area contributed by atoms with E-state index in [0.717, 1.165) is 0 Å². The first-order valence-corrected chi connectivity index (χ1v) is 7.41. The molecule has 0 aromatic heterocycles. The van der Waals surface area contributed by atoms with Crippen LogP contribution in [0.4, 0.5) is 0 Å². The molecule has 0 amide bonds. The number of rotatable bonds is 3. The number of hydrogen-bond acceptors (Lipinski definition) is 6. The Morgan fingerprint density at radius 2 is 1.91 bits per heavy atom. The summed E-state index contributed by atoms with van der Waals surface area (Å²) >= 11 is 0. The van der Waals surface area contributed by atoms with Crippen LogP contribution in [-0.4, -0.2) is 42.6 Å². The van der Waals surface area contributed by atoms with E-state index >= 15 is 0 Å². The molecule has 6 nitrogen and oxygen atoms in total. The van der Waals surface area contributed by atoms with E-state index in [1.54, 1.807) is 6.08 Å². The average Bonchev–Trinajstić information content (AvgIpc) is 2.71. The molecule has 0 radical (unpaired) electrons. The molecule has 3 atom stereocenters. The fourth-order valence-electron chi connectivity index (χ4n) is 4.01. The summed E-state index contributed by atoms with van der Waals surface area (Å²) < 4.78 is 9.63.